The number of hydrogen-bond acceptors (Lipinski definition) is 7. The van der Waals surface area contributed by atoms with Gasteiger partial charge in [0, 0.05) is 35.2 Å². The van der Waals surface area contributed by atoms with Gasteiger partial charge in [0.05, 0.1) is 12.6 Å². The smallest absolute Gasteiger partial charge is 0.249 e. The first-order chi connectivity index (χ1) is 18.7. The van der Waals surface area contributed by atoms with Crippen molar-refractivity contribution in [3.05, 3.63) is 83.9 Å². The molecule has 5 rings (SSSR count). The molecule has 2 heterocycles. The Bertz CT molecular complexity index is 1460. The number of fused-ring (bicyclic) bond motifs is 1. The number of nitrogens with zero attached hydrogens (tertiary/aromatic N) is 4. The van der Waals surface area contributed by atoms with Gasteiger partial charge in [-0.1, -0.05) is 66.7 Å². The number of aromatic nitrogens is 4. The van der Waals surface area contributed by atoms with Gasteiger partial charge in [0.1, 0.15) is 6.04 Å². The van der Waals surface area contributed by atoms with Crippen molar-refractivity contribution in [1.29, 1.82) is 0 Å². The second-order valence-electron chi connectivity index (χ2n) is 10.5. The van der Waals surface area contributed by atoms with Gasteiger partial charge in [-0.15, -0.1) is 10.2 Å². The molecule has 0 bridgehead atoms. The highest BCUT2D eigenvalue weighted by molar-refractivity contribution is 6.00. The summed E-state index contributed by atoms with van der Waals surface area (Å²) in [7, 11) is 0. The number of nitrogens with two attached hydrogens (primary N) is 1. The number of aliphatic hydroxyl groups excluding tert-OH is 1. The molecule has 200 valence electrons. The van der Waals surface area contributed by atoms with E-state index in [-0.39, 0.29) is 31.2 Å². The molecule has 10 heteroatoms. The van der Waals surface area contributed by atoms with E-state index >= 15 is 0 Å². The molecule has 3 aromatic carbocycles. The third kappa shape index (κ3) is 5.87. The number of tetrazole rings is 1. The van der Waals surface area contributed by atoms with E-state index in [2.05, 4.69) is 25.9 Å². The summed E-state index contributed by atoms with van der Waals surface area (Å²) < 4.78 is 0. The minimum absolute atomic E-state index is 0.0621. The molecule has 0 saturated carbocycles. The summed E-state index contributed by atoms with van der Waals surface area (Å²) in [5.41, 5.74) is 10.2. The topological polar surface area (TPSA) is 150 Å². The highest BCUT2D eigenvalue weighted by Gasteiger charge is 2.35. The number of aliphatic hydroxyl groups is 1. The van der Waals surface area contributed by atoms with Gasteiger partial charge in [-0.2, -0.15) is 5.21 Å². The molecular formula is C29H31N7O3. The molecule has 2 amide bonds. The number of aromatic amines is 1. The summed E-state index contributed by atoms with van der Waals surface area (Å²) in [6, 6.07) is 22.1. The minimum Gasteiger partial charge on any atom is -0.388 e. The maximum absolute atomic E-state index is 13.8. The van der Waals surface area contributed by atoms with E-state index in [0.29, 0.717) is 17.1 Å². The summed E-state index contributed by atoms with van der Waals surface area (Å²) in [5, 5.41) is 28.1. The average Bonchev–Trinajstić information content (AvgIpc) is 3.43. The quantitative estimate of drug-likeness (QED) is 0.289. The fraction of sp³-hybridized carbons (Fsp3) is 0.276. The lowest BCUT2D eigenvalue weighted by molar-refractivity contribution is -0.128. The first kappa shape index (κ1) is 26.2. The maximum atomic E-state index is 13.8. The van der Waals surface area contributed by atoms with E-state index in [4.69, 9.17) is 5.73 Å². The van der Waals surface area contributed by atoms with Crippen LogP contribution in [0.5, 0.6) is 0 Å². The predicted octanol–water partition coefficient (Wildman–Crippen LogP) is 3.12. The Labute approximate surface area is 226 Å². The fourth-order valence-corrected chi connectivity index (χ4v) is 4.89. The molecule has 0 spiro atoms. The first-order valence-electron chi connectivity index (χ1n) is 12.8. The Morgan fingerprint density at radius 3 is 2.46 bits per heavy atom. The van der Waals surface area contributed by atoms with Gasteiger partial charge in [0.2, 0.25) is 17.6 Å². The van der Waals surface area contributed by atoms with Crippen LogP contribution in [0, 0.1) is 0 Å². The standard InChI is InChI=1S/C29H31N7O3/c1-29(2,30)16-26(38)31-23-15-25(37)22-9-5-6-10-24(22)36(28(23)39)17-18-11-13-19(14-12-18)20-7-3-4-8-21(20)27-32-34-35-33-27/h3-14,23,25,37H,15-17,30H2,1-2H3,(H,31,38)(H,32,33,34,35). The molecule has 1 aliphatic heterocycles. The van der Waals surface area contributed by atoms with E-state index in [1.807, 2.05) is 72.8 Å². The van der Waals surface area contributed by atoms with Crippen molar-refractivity contribution in [3.63, 3.8) is 0 Å². The number of carbonyl (C=O) groups is 2. The van der Waals surface area contributed by atoms with Crippen LogP contribution in [0.4, 0.5) is 5.69 Å². The number of amides is 2. The Morgan fingerprint density at radius 2 is 1.77 bits per heavy atom. The van der Waals surface area contributed by atoms with Crippen LogP contribution in [0.25, 0.3) is 22.5 Å². The molecule has 1 aliphatic rings. The van der Waals surface area contributed by atoms with E-state index in [0.717, 1.165) is 22.3 Å². The van der Waals surface area contributed by atoms with Crippen LogP contribution in [-0.2, 0) is 16.1 Å². The summed E-state index contributed by atoms with van der Waals surface area (Å²) in [4.78, 5) is 28.1. The van der Waals surface area contributed by atoms with Crippen molar-refractivity contribution in [2.75, 3.05) is 4.90 Å². The van der Waals surface area contributed by atoms with E-state index in [1.165, 1.54) is 0 Å². The van der Waals surface area contributed by atoms with Crippen LogP contribution >= 0.6 is 0 Å². The van der Waals surface area contributed by atoms with Crippen LogP contribution in [0.1, 0.15) is 43.9 Å². The Kier molecular flexibility index (Phi) is 7.23. The average molecular weight is 526 g/mol. The van der Waals surface area contributed by atoms with Crippen LogP contribution in [0.3, 0.4) is 0 Å². The zero-order chi connectivity index (χ0) is 27.6. The molecule has 0 radical (unpaired) electrons. The van der Waals surface area contributed by atoms with Crippen LogP contribution in [-0.4, -0.2) is 49.1 Å². The summed E-state index contributed by atoms with van der Waals surface area (Å²) >= 11 is 0. The summed E-state index contributed by atoms with van der Waals surface area (Å²) in [6.07, 6.45) is -0.767. The highest BCUT2D eigenvalue weighted by atomic mass is 16.3. The van der Waals surface area contributed by atoms with Gasteiger partial charge in [-0.05, 0) is 41.8 Å². The number of anilines is 1. The van der Waals surface area contributed by atoms with E-state index in [1.54, 1.807) is 18.7 Å². The molecular weight excluding hydrogens is 494 g/mol. The first-order valence-corrected chi connectivity index (χ1v) is 12.8. The third-order valence-electron chi connectivity index (χ3n) is 6.68. The molecule has 5 N–H and O–H groups in total. The maximum Gasteiger partial charge on any atom is 0.249 e. The van der Waals surface area contributed by atoms with Gasteiger partial charge in [-0.3, -0.25) is 9.59 Å². The Hall–Kier alpha value is -4.41. The van der Waals surface area contributed by atoms with Gasteiger partial charge >= 0.3 is 0 Å². The number of para-hydroxylation sites is 1. The molecule has 39 heavy (non-hydrogen) atoms. The van der Waals surface area contributed by atoms with Gasteiger partial charge in [0.15, 0.2) is 0 Å². The monoisotopic (exact) mass is 525 g/mol. The number of rotatable bonds is 7. The largest absolute Gasteiger partial charge is 0.388 e. The van der Waals surface area contributed by atoms with Gasteiger partial charge in [0.25, 0.3) is 0 Å². The molecule has 0 fully saturated rings. The normalized spacial score (nSPS) is 17.4. The molecule has 2 atom stereocenters. The van der Waals surface area contributed by atoms with Crippen LogP contribution in [0.15, 0.2) is 72.8 Å². The van der Waals surface area contributed by atoms with Crippen molar-refractivity contribution >= 4 is 17.5 Å². The van der Waals surface area contributed by atoms with Crippen molar-refractivity contribution in [1.82, 2.24) is 25.9 Å². The number of benzene rings is 3. The SMILES string of the molecule is CC(C)(N)CC(=O)NC1CC(O)c2ccccc2N(Cc2ccc(-c3ccccc3-c3nn[nH]n3)cc2)C1=O. The van der Waals surface area contributed by atoms with Crippen molar-refractivity contribution in [3.8, 4) is 22.5 Å². The molecule has 0 saturated heterocycles. The number of hydrogen-bond donors (Lipinski definition) is 4. The van der Waals surface area contributed by atoms with Crippen LogP contribution in [0.2, 0.25) is 0 Å². The van der Waals surface area contributed by atoms with Gasteiger partial charge < -0.3 is 21.1 Å². The number of H-pyrrole nitrogens is 1. The van der Waals surface area contributed by atoms with Crippen LogP contribution < -0.4 is 16.0 Å². The second kappa shape index (κ2) is 10.8. The fourth-order valence-electron chi connectivity index (χ4n) is 4.89. The molecule has 10 nitrogen and oxygen atoms in total. The zero-order valence-corrected chi connectivity index (χ0v) is 21.8. The summed E-state index contributed by atoms with van der Waals surface area (Å²) in [5.74, 6) is -0.108. The number of nitrogens with one attached hydrogen (secondary N) is 2. The molecule has 0 aliphatic carbocycles. The zero-order valence-electron chi connectivity index (χ0n) is 21.8. The van der Waals surface area contributed by atoms with E-state index < -0.39 is 17.7 Å². The minimum atomic E-state index is -0.907. The third-order valence-corrected chi connectivity index (χ3v) is 6.68. The van der Waals surface area contributed by atoms with Crippen molar-refractivity contribution in [2.45, 2.75) is 50.9 Å². The second-order valence-corrected chi connectivity index (χ2v) is 10.5. The number of carbonyl (C=O) groups excluding carboxylic acids is 2. The van der Waals surface area contributed by atoms with Crippen molar-refractivity contribution in [2.24, 2.45) is 5.73 Å². The Balaban J connectivity index is 1.43. The lowest BCUT2D eigenvalue weighted by Crippen LogP contribution is -2.50. The van der Waals surface area contributed by atoms with Gasteiger partial charge in [-0.25, -0.2) is 0 Å². The molecule has 4 aromatic rings. The Morgan fingerprint density at radius 1 is 1.08 bits per heavy atom. The van der Waals surface area contributed by atoms with Crippen molar-refractivity contribution < 1.29 is 14.7 Å². The molecule has 1 aromatic heterocycles. The predicted molar refractivity (Wildman–Crippen MR) is 147 cm³/mol. The molecule has 2 unspecified atom stereocenters. The lowest BCUT2D eigenvalue weighted by Gasteiger charge is -2.27. The highest BCUT2D eigenvalue weighted by Crippen LogP contribution is 2.35. The summed E-state index contributed by atoms with van der Waals surface area (Å²) in [6.45, 7) is 3.77. The van der Waals surface area contributed by atoms with E-state index in [9.17, 15) is 14.7 Å². The lowest BCUT2D eigenvalue weighted by atomic mass is 9.98.